The van der Waals surface area contributed by atoms with Crippen LogP contribution in [-0.2, 0) is 11.3 Å². The van der Waals surface area contributed by atoms with Gasteiger partial charge < -0.3 is 9.88 Å². The number of aliphatic imine (C=N–C) groups is 1. The summed E-state index contributed by atoms with van der Waals surface area (Å²) >= 11 is 0. The van der Waals surface area contributed by atoms with Gasteiger partial charge in [0, 0.05) is 19.0 Å². The summed E-state index contributed by atoms with van der Waals surface area (Å²) in [7, 11) is 0. The number of carbonyl (C=O) groups excluding carboxylic acids is 2. The Morgan fingerprint density at radius 1 is 1.37 bits per heavy atom. The second-order valence-electron chi connectivity index (χ2n) is 4.75. The molecular formula is C13H14N4O2. The molecule has 98 valence electrons. The number of ketones is 1. The van der Waals surface area contributed by atoms with E-state index in [2.05, 4.69) is 15.3 Å². The molecule has 0 atom stereocenters. The molecule has 0 fully saturated rings. The van der Waals surface area contributed by atoms with Crippen molar-refractivity contribution in [2.24, 2.45) is 4.99 Å². The highest BCUT2D eigenvalue weighted by molar-refractivity contribution is 6.28. The number of nitrogens with one attached hydrogen (secondary N) is 1. The lowest BCUT2D eigenvalue weighted by Gasteiger charge is -2.24. The Morgan fingerprint density at radius 2 is 2.11 bits per heavy atom. The van der Waals surface area contributed by atoms with Crippen molar-refractivity contribution >= 4 is 17.4 Å². The lowest BCUT2D eigenvalue weighted by atomic mass is 9.94. The molecule has 0 aromatic carbocycles. The molecule has 3 rings (SSSR count). The SMILES string of the molecule is CC(=O)NC1=C(C)C(=O)c2nc(C)n3c2C1=NCC3. The van der Waals surface area contributed by atoms with Gasteiger partial charge >= 0.3 is 0 Å². The predicted octanol–water partition coefficient (Wildman–Crippen LogP) is 0.601. The Balaban J connectivity index is 2.25. The Kier molecular flexibility index (Phi) is 2.41. The zero-order valence-corrected chi connectivity index (χ0v) is 11.1. The molecule has 6 nitrogen and oxygen atoms in total. The summed E-state index contributed by atoms with van der Waals surface area (Å²) in [6.45, 7) is 6.34. The number of amides is 1. The monoisotopic (exact) mass is 258 g/mol. The third-order valence-electron chi connectivity index (χ3n) is 3.44. The van der Waals surface area contributed by atoms with Crippen molar-refractivity contribution in [1.29, 1.82) is 0 Å². The highest BCUT2D eigenvalue weighted by Crippen LogP contribution is 2.28. The number of carbonyl (C=O) groups is 2. The van der Waals surface area contributed by atoms with Crippen LogP contribution >= 0.6 is 0 Å². The molecule has 0 radical (unpaired) electrons. The van der Waals surface area contributed by atoms with E-state index < -0.39 is 0 Å². The number of aromatic nitrogens is 2. The first-order chi connectivity index (χ1) is 9.00. The van der Waals surface area contributed by atoms with Crippen molar-refractivity contribution < 1.29 is 9.59 Å². The first-order valence-corrected chi connectivity index (χ1v) is 6.16. The van der Waals surface area contributed by atoms with E-state index in [1.807, 2.05) is 11.5 Å². The number of hydrogen-bond acceptors (Lipinski definition) is 4. The Morgan fingerprint density at radius 3 is 2.79 bits per heavy atom. The molecular weight excluding hydrogens is 244 g/mol. The average molecular weight is 258 g/mol. The van der Waals surface area contributed by atoms with Gasteiger partial charge in [-0.15, -0.1) is 0 Å². The molecule has 6 heteroatoms. The number of imidazole rings is 1. The van der Waals surface area contributed by atoms with Crippen LogP contribution in [0.2, 0.25) is 0 Å². The minimum atomic E-state index is -0.207. The van der Waals surface area contributed by atoms with Gasteiger partial charge in [0.05, 0.1) is 12.2 Å². The molecule has 0 unspecified atom stereocenters. The summed E-state index contributed by atoms with van der Waals surface area (Å²) in [5.41, 5.74) is 2.87. The molecule has 0 bridgehead atoms. The quantitative estimate of drug-likeness (QED) is 0.801. The number of allylic oxidation sites excluding steroid dienone is 2. The van der Waals surface area contributed by atoms with E-state index in [0.29, 0.717) is 29.2 Å². The second-order valence-corrected chi connectivity index (χ2v) is 4.75. The fraction of sp³-hybridized carbons (Fsp3) is 0.385. The predicted molar refractivity (Wildman–Crippen MR) is 69.2 cm³/mol. The van der Waals surface area contributed by atoms with Crippen molar-refractivity contribution in [2.45, 2.75) is 27.3 Å². The molecule has 1 N–H and O–H groups in total. The molecule has 0 spiro atoms. The topological polar surface area (TPSA) is 76.3 Å². The molecule has 1 aromatic rings. The third kappa shape index (κ3) is 1.56. The molecule has 2 heterocycles. The molecule has 1 aliphatic heterocycles. The molecule has 2 aliphatic rings. The van der Waals surface area contributed by atoms with Gasteiger partial charge in [0.15, 0.2) is 0 Å². The van der Waals surface area contributed by atoms with Crippen LogP contribution in [0.5, 0.6) is 0 Å². The fourth-order valence-corrected chi connectivity index (χ4v) is 2.57. The van der Waals surface area contributed by atoms with Crippen molar-refractivity contribution in [2.75, 3.05) is 6.54 Å². The van der Waals surface area contributed by atoms with Crippen LogP contribution in [-0.4, -0.2) is 33.5 Å². The highest BCUT2D eigenvalue weighted by Gasteiger charge is 2.35. The van der Waals surface area contributed by atoms with Gasteiger partial charge in [0.25, 0.3) is 0 Å². The minimum Gasteiger partial charge on any atom is -0.324 e. The smallest absolute Gasteiger partial charge is 0.221 e. The lowest BCUT2D eigenvalue weighted by Crippen LogP contribution is -2.35. The number of aryl methyl sites for hydroxylation is 1. The van der Waals surface area contributed by atoms with Crippen LogP contribution in [0.1, 0.15) is 35.9 Å². The zero-order chi connectivity index (χ0) is 13.7. The molecule has 1 aliphatic carbocycles. The van der Waals surface area contributed by atoms with E-state index in [1.54, 1.807) is 6.92 Å². The number of rotatable bonds is 1. The van der Waals surface area contributed by atoms with Gasteiger partial charge in [-0.05, 0) is 13.8 Å². The Labute approximate surface area is 110 Å². The van der Waals surface area contributed by atoms with Gasteiger partial charge in [0.1, 0.15) is 22.9 Å². The van der Waals surface area contributed by atoms with Gasteiger partial charge in [0.2, 0.25) is 11.7 Å². The molecule has 1 aromatic heterocycles. The average Bonchev–Trinajstić information content (AvgIpc) is 2.71. The first-order valence-electron chi connectivity index (χ1n) is 6.16. The number of nitrogens with zero attached hydrogens (tertiary/aromatic N) is 3. The van der Waals surface area contributed by atoms with E-state index >= 15 is 0 Å². The van der Waals surface area contributed by atoms with E-state index in [9.17, 15) is 9.59 Å². The normalized spacial score (nSPS) is 17.2. The van der Waals surface area contributed by atoms with Crippen molar-refractivity contribution in [3.8, 4) is 0 Å². The summed E-state index contributed by atoms with van der Waals surface area (Å²) in [6, 6.07) is 0. The van der Waals surface area contributed by atoms with Crippen molar-refractivity contribution in [1.82, 2.24) is 14.9 Å². The van der Waals surface area contributed by atoms with Gasteiger partial charge in [-0.2, -0.15) is 0 Å². The molecule has 1 amide bonds. The maximum Gasteiger partial charge on any atom is 0.221 e. The number of hydrogen-bond donors (Lipinski definition) is 1. The largest absolute Gasteiger partial charge is 0.324 e. The summed E-state index contributed by atoms with van der Waals surface area (Å²) in [6.07, 6.45) is 0. The Bertz CT molecular complexity index is 679. The molecule has 19 heavy (non-hydrogen) atoms. The van der Waals surface area contributed by atoms with E-state index in [-0.39, 0.29) is 11.7 Å². The first kappa shape index (κ1) is 11.8. The maximum atomic E-state index is 12.3. The molecule has 0 saturated heterocycles. The van der Waals surface area contributed by atoms with Crippen LogP contribution in [0, 0.1) is 6.92 Å². The highest BCUT2D eigenvalue weighted by atomic mass is 16.1. The van der Waals surface area contributed by atoms with Crippen molar-refractivity contribution in [3.05, 3.63) is 28.5 Å². The lowest BCUT2D eigenvalue weighted by molar-refractivity contribution is -0.118. The van der Waals surface area contributed by atoms with Crippen LogP contribution < -0.4 is 5.32 Å². The summed E-state index contributed by atoms with van der Waals surface area (Å²) in [4.78, 5) is 32.4. The second kappa shape index (κ2) is 3.88. The maximum absolute atomic E-state index is 12.3. The van der Waals surface area contributed by atoms with Crippen molar-refractivity contribution in [3.63, 3.8) is 0 Å². The van der Waals surface area contributed by atoms with Crippen LogP contribution in [0.15, 0.2) is 16.3 Å². The third-order valence-corrected chi connectivity index (χ3v) is 3.44. The fourth-order valence-electron chi connectivity index (χ4n) is 2.57. The van der Waals surface area contributed by atoms with E-state index in [1.165, 1.54) is 6.92 Å². The Hall–Kier alpha value is -2.24. The number of Topliss-reactive ketones (excluding diaryl/α,β-unsaturated/α-hetero) is 1. The van der Waals surface area contributed by atoms with E-state index in [0.717, 1.165) is 18.1 Å². The summed E-state index contributed by atoms with van der Waals surface area (Å²) in [5, 5.41) is 2.72. The zero-order valence-electron chi connectivity index (χ0n) is 11.1. The minimum absolute atomic E-state index is 0.138. The summed E-state index contributed by atoms with van der Waals surface area (Å²) in [5.74, 6) is 0.464. The van der Waals surface area contributed by atoms with Gasteiger partial charge in [-0.3, -0.25) is 14.6 Å². The van der Waals surface area contributed by atoms with Crippen LogP contribution in [0.4, 0.5) is 0 Å². The van der Waals surface area contributed by atoms with Crippen LogP contribution in [0.25, 0.3) is 0 Å². The summed E-state index contributed by atoms with van der Waals surface area (Å²) < 4.78 is 1.99. The standard InChI is InChI=1S/C13H14N4O2/c1-6-9(16-8(3)18)10-12-11(13(6)19)15-7(2)17(12)5-4-14-10/h4-5H2,1-3H3,(H,16,18). The van der Waals surface area contributed by atoms with Gasteiger partial charge in [-0.25, -0.2) is 4.98 Å². The van der Waals surface area contributed by atoms with Gasteiger partial charge in [-0.1, -0.05) is 0 Å². The molecule has 0 saturated carbocycles. The van der Waals surface area contributed by atoms with E-state index in [4.69, 9.17) is 0 Å². The van der Waals surface area contributed by atoms with Crippen LogP contribution in [0.3, 0.4) is 0 Å².